The van der Waals surface area contributed by atoms with E-state index in [1.165, 1.54) is 0 Å². The summed E-state index contributed by atoms with van der Waals surface area (Å²) in [6, 6.07) is 23.9. The summed E-state index contributed by atoms with van der Waals surface area (Å²) in [5.74, 6) is 0. The number of rotatable bonds is 4. The van der Waals surface area contributed by atoms with Gasteiger partial charge in [-0.15, -0.1) is 0 Å². The highest BCUT2D eigenvalue weighted by molar-refractivity contribution is 7.99. The molecular weight excluding hydrogens is 366 g/mol. The highest BCUT2D eigenvalue weighted by Gasteiger charge is 2.27. The Morgan fingerprint density at radius 1 is 0.857 bits per heavy atom. The van der Waals surface area contributed by atoms with Gasteiger partial charge in [0.05, 0.1) is 11.4 Å². The second-order valence-electron chi connectivity index (χ2n) is 6.52. The molecule has 2 amide bonds. The minimum absolute atomic E-state index is 0.157. The topological polar surface area (TPSA) is 35.6 Å². The van der Waals surface area contributed by atoms with Crippen LogP contribution in [0.3, 0.4) is 0 Å². The maximum Gasteiger partial charge on any atom is 0.331 e. The Bertz CT molecular complexity index is 938. The van der Waals surface area contributed by atoms with E-state index in [1.807, 2.05) is 48.5 Å². The monoisotopic (exact) mass is 389 g/mol. The van der Waals surface area contributed by atoms with E-state index < -0.39 is 0 Å². The van der Waals surface area contributed by atoms with Crippen molar-refractivity contribution in [2.24, 2.45) is 0 Å². The zero-order valence-electron chi connectivity index (χ0n) is 16.1. The average molecular weight is 390 g/mol. The second kappa shape index (κ2) is 7.98. The Morgan fingerprint density at radius 3 is 1.93 bits per heavy atom. The van der Waals surface area contributed by atoms with Gasteiger partial charge in [0.15, 0.2) is 0 Å². The first-order chi connectivity index (χ1) is 13.7. The van der Waals surface area contributed by atoms with Crippen LogP contribution in [0.2, 0.25) is 0 Å². The Kier molecular flexibility index (Phi) is 5.26. The van der Waals surface area contributed by atoms with E-state index in [1.54, 1.807) is 16.7 Å². The molecule has 0 aliphatic carbocycles. The van der Waals surface area contributed by atoms with E-state index in [0.717, 1.165) is 45.6 Å². The molecule has 5 heteroatoms. The minimum atomic E-state index is -0.157. The summed E-state index contributed by atoms with van der Waals surface area (Å²) in [7, 11) is 0. The zero-order chi connectivity index (χ0) is 19.5. The predicted molar refractivity (Wildman–Crippen MR) is 118 cm³/mol. The van der Waals surface area contributed by atoms with Crippen LogP contribution in [-0.4, -0.2) is 19.1 Å². The second-order valence-corrected chi connectivity index (χ2v) is 7.61. The number of urea groups is 1. The van der Waals surface area contributed by atoms with Gasteiger partial charge in [0.1, 0.15) is 0 Å². The molecule has 0 saturated heterocycles. The van der Waals surface area contributed by atoms with Gasteiger partial charge in [0, 0.05) is 34.3 Å². The van der Waals surface area contributed by atoms with Crippen LogP contribution < -0.4 is 15.1 Å². The van der Waals surface area contributed by atoms with Gasteiger partial charge in [0.2, 0.25) is 0 Å². The van der Waals surface area contributed by atoms with E-state index in [9.17, 15) is 4.79 Å². The third-order valence-electron chi connectivity index (χ3n) is 4.88. The fraction of sp³-hybridized carbons (Fsp3) is 0.174. The summed E-state index contributed by atoms with van der Waals surface area (Å²) < 4.78 is 0. The number of amides is 2. The zero-order valence-corrected chi connectivity index (χ0v) is 16.9. The number of nitrogens with zero attached hydrogens (tertiary/aromatic N) is 2. The maximum atomic E-state index is 13.2. The first kappa shape index (κ1) is 18.4. The highest BCUT2D eigenvalue weighted by Crippen LogP contribution is 2.48. The molecule has 0 fully saturated rings. The van der Waals surface area contributed by atoms with Crippen molar-refractivity contribution in [3.8, 4) is 0 Å². The Hall–Kier alpha value is -2.92. The van der Waals surface area contributed by atoms with Crippen molar-refractivity contribution in [1.29, 1.82) is 0 Å². The molecule has 4 nitrogen and oxygen atoms in total. The third kappa shape index (κ3) is 3.45. The molecule has 1 aliphatic heterocycles. The van der Waals surface area contributed by atoms with Crippen molar-refractivity contribution < 1.29 is 4.79 Å². The summed E-state index contributed by atoms with van der Waals surface area (Å²) in [4.78, 5) is 19.4. The number of benzene rings is 3. The van der Waals surface area contributed by atoms with Crippen LogP contribution >= 0.6 is 11.8 Å². The minimum Gasteiger partial charge on any atom is -0.372 e. The molecule has 142 valence electrons. The summed E-state index contributed by atoms with van der Waals surface area (Å²) in [6.45, 7) is 6.20. The van der Waals surface area contributed by atoms with Crippen molar-refractivity contribution in [3.63, 3.8) is 0 Å². The standard InChI is InChI=1S/C23H23N3OS/c1-3-25(4-2)18-15-13-17(14-16-18)24-23(27)26-19-9-5-7-11-21(19)28-22-12-8-6-10-20(22)26/h5-16H,3-4H2,1-2H3,(H,24,27). The van der Waals surface area contributed by atoms with Crippen LogP contribution in [-0.2, 0) is 0 Å². The molecule has 0 atom stereocenters. The Balaban J connectivity index is 1.62. The van der Waals surface area contributed by atoms with Crippen LogP contribution in [0.1, 0.15) is 13.8 Å². The van der Waals surface area contributed by atoms with Crippen molar-refractivity contribution in [3.05, 3.63) is 72.8 Å². The van der Waals surface area contributed by atoms with Crippen molar-refractivity contribution in [2.75, 3.05) is 28.2 Å². The van der Waals surface area contributed by atoms with Gasteiger partial charge in [-0.3, -0.25) is 4.90 Å². The SMILES string of the molecule is CCN(CC)c1ccc(NC(=O)N2c3ccccc3Sc3ccccc32)cc1. The molecular formula is C23H23N3OS. The molecule has 0 bridgehead atoms. The molecule has 28 heavy (non-hydrogen) atoms. The van der Waals surface area contributed by atoms with Crippen LogP contribution in [0.4, 0.5) is 27.5 Å². The Morgan fingerprint density at radius 2 is 1.39 bits per heavy atom. The molecule has 0 spiro atoms. The Labute approximate surface area is 170 Å². The number of nitrogens with one attached hydrogen (secondary N) is 1. The van der Waals surface area contributed by atoms with Crippen LogP contribution in [0.15, 0.2) is 82.6 Å². The van der Waals surface area contributed by atoms with Gasteiger partial charge >= 0.3 is 6.03 Å². The quantitative estimate of drug-likeness (QED) is 0.563. The number of anilines is 4. The predicted octanol–water partition coefficient (Wildman–Crippen LogP) is 6.37. The van der Waals surface area contributed by atoms with Gasteiger partial charge in [-0.25, -0.2) is 4.79 Å². The van der Waals surface area contributed by atoms with E-state index in [0.29, 0.717) is 0 Å². The lowest BCUT2D eigenvalue weighted by Crippen LogP contribution is -2.32. The van der Waals surface area contributed by atoms with Gasteiger partial charge in [-0.1, -0.05) is 36.0 Å². The molecule has 4 rings (SSSR count). The normalized spacial score (nSPS) is 12.1. The van der Waals surface area contributed by atoms with Crippen LogP contribution in [0.5, 0.6) is 0 Å². The van der Waals surface area contributed by atoms with Crippen LogP contribution in [0, 0.1) is 0 Å². The first-order valence-electron chi connectivity index (χ1n) is 9.53. The lowest BCUT2D eigenvalue weighted by atomic mass is 10.2. The van der Waals surface area contributed by atoms with E-state index in [2.05, 4.69) is 48.3 Å². The number of hydrogen-bond donors (Lipinski definition) is 1. The molecule has 3 aromatic carbocycles. The largest absolute Gasteiger partial charge is 0.372 e. The molecule has 0 saturated carbocycles. The fourth-order valence-electron chi connectivity index (χ4n) is 3.45. The number of hydrogen-bond acceptors (Lipinski definition) is 3. The van der Waals surface area contributed by atoms with E-state index >= 15 is 0 Å². The summed E-state index contributed by atoms with van der Waals surface area (Å²) in [6.07, 6.45) is 0. The number of carbonyl (C=O) groups excluding carboxylic acids is 1. The van der Waals surface area contributed by atoms with Crippen molar-refractivity contribution in [2.45, 2.75) is 23.6 Å². The lowest BCUT2D eigenvalue weighted by Gasteiger charge is -2.31. The van der Waals surface area contributed by atoms with E-state index in [-0.39, 0.29) is 6.03 Å². The first-order valence-corrected chi connectivity index (χ1v) is 10.3. The molecule has 1 heterocycles. The van der Waals surface area contributed by atoms with Gasteiger partial charge in [-0.2, -0.15) is 0 Å². The smallest absolute Gasteiger partial charge is 0.331 e. The van der Waals surface area contributed by atoms with Crippen molar-refractivity contribution >= 4 is 40.5 Å². The highest BCUT2D eigenvalue weighted by atomic mass is 32.2. The van der Waals surface area contributed by atoms with E-state index in [4.69, 9.17) is 0 Å². The number of para-hydroxylation sites is 2. The fourth-order valence-corrected chi connectivity index (χ4v) is 4.51. The third-order valence-corrected chi connectivity index (χ3v) is 6.01. The van der Waals surface area contributed by atoms with Gasteiger partial charge < -0.3 is 10.2 Å². The molecule has 1 aliphatic rings. The maximum absolute atomic E-state index is 13.2. The summed E-state index contributed by atoms with van der Waals surface area (Å²) >= 11 is 1.69. The van der Waals surface area contributed by atoms with Gasteiger partial charge in [0.25, 0.3) is 0 Å². The molecule has 0 aromatic heterocycles. The summed E-state index contributed by atoms with van der Waals surface area (Å²) in [5, 5.41) is 3.05. The molecule has 3 aromatic rings. The van der Waals surface area contributed by atoms with Gasteiger partial charge in [-0.05, 0) is 62.4 Å². The molecule has 0 unspecified atom stereocenters. The molecule has 0 radical (unpaired) electrons. The van der Waals surface area contributed by atoms with Crippen molar-refractivity contribution in [1.82, 2.24) is 0 Å². The van der Waals surface area contributed by atoms with Crippen LogP contribution in [0.25, 0.3) is 0 Å². The number of carbonyl (C=O) groups is 1. The average Bonchev–Trinajstić information content (AvgIpc) is 2.74. The summed E-state index contributed by atoms with van der Waals surface area (Å²) in [5.41, 5.74) is 3.76. The number of fused-ring (bicyclic) bond motifs is 2. The molecule has 1 N–H and O–H groups in total. The lowest BCUT2D eigenvalue weighted by molar-refractivity contribution is 0.259.